The van der Waals surface area contributed by atoms with Crippen LogP contribution in [0, 0.1) is 17.8 Å². The van der Waals surface area contributed by atoms with Crippen LogP contribution in [0.3, 0.4) is 0 Å². The van der Waals surface area contributed by atoms with Crippen LogP contribution in [0.1, 0.15) is 39.0 Å². The van der Waals surface area contributed by atoms with Crippen molar-refractivity contribution in [2.45, 2.75) is 44.3 Å². The molecule has 4 atom stereocenters. The van der Waals surface area contributed by atoms with E-state index < -0.39 is 11.9 Å². The minimum Gasteiger partial charge on any atom is -0.481 e. The van der Waals surface area contributed by atoms with Gasteiger partial charge < -0.3 is 10.4 Å². The smallest absolute Gasteiger partial charge is 0.307 e. The number of carbonyl (C=O) groups is 2. The molecule has 0 aromatic heterocycles. The lowest BCUT2D eigenvalue weighted by Gasteiger charge is -2.17. The summed E-state index contributed by atoms with van der Waals surface area (Å²) < 4.78 is 0. The Labute approximate surface area is 118 Å². The molecule has 1 heterocycles. The van der Waals surface area contributed by atoms with E-state index in [2.05, 4.69) is 12.2 Å². The molecule has 2 unspecified atom stereocenters. The first kappa shape index (κ1) is 14.7. The fourth-order valence-corrected chi connectivity index (χ4v) is 4.39. The summed E-state index contributed by atoms with van der Waals surface area (Å²) in [4.78, 5) is 23.4. The quantitative estimate of drug-likeness (QED) is 0.812. The predicted octanol–water partition coefficient (Wildman–Crippen LogP) is 2.14. The second-order valence-electron chi connectivity index (χ2n) is 5.68. The summed E-state index contributed by atoms with van der Waals surface area (Å²) in [5, 5.41) is 12.7. The zero-order valence-corrected chi connectivity index (χ0v) is 12.2. The lowest BCUT2D eigenvalue weighted by molar-refractivity contribution is -0.146. The Morgan fingerprint density at radius 1 is 1.32 bits per heavy atom. The van der Waals surface area contributed by atoms with Crippen LogP contribution in [0.25, 0.3) is 0 Å². The monoisotopic (exact) mass is 285 g/mol. The third-order valence-corrected chi connectivity index (χ3v) is 5.82. The van der Waals surface area contributed by atoms with Crippen molar-refractivity contribution in [3.63, 3.8) is 0 Å². The molecule has 0 bridgehead atoms. The van der Waals surface area contributed by atoms with Gasteiger partial charge in [0.05, 0.1) is 11.8 Å². The number of carboxylic acids is 1. The molecule has 0 aromatic carbocycles. The lowest BCUT2D eigenvalue weighted by Crippen LogP contribution is -2.38. The van der Waals surface area contributed by atoms with Crippen molar-refractivity contribution in [1.82, 2.24) is 5.32 Å². The van der Waals surface area contributed by atoms with Gasteiger partial charge in [0.1, 0.15) is 0 Å². The van der Waals surface area contributed by atoms with E-state index in [4.69, 9.17) is 0 Å². The lowest BCUT2D eigenvalue weighted by atomic mass is 9.95. The number of hydrogen-bond acceptors (Lipinski definition) is 3. The number of nitrogens with one attached hydrogen (secondary N) is 1. The van der Waals surface area contributed by atoms with Crippen LogP contribution in [0.15, 0.2) is 0 Å². The second-order valence-corrected chi connectivity index (χ2v) is 7.09. The van der Waals surface area contributed by atoms with E-state index in [1.54, 1.807) is 0 Å². The van der Waals surface area contributed by atoms with Gasteiger partial charge >= 0.3 is 5.97 Å². The van der Waals surface area contributed by atoms with E-state index in [0.717, 1.165) is 19.3 Å². The van der Waals surface area contributed by atoms with Crippen molar-refractivity contribution in [3.8, 4) is 0 Å². The predicted molar refractivity (Wildman–Crippen MR) is 76.1 cm³/mol. The van der Waals surface area contributed by atoms with Crippen LogP contribution in [0.5, 0.6) is 0 Å². The molecule has 4 nitrogen and oxygen atoms in total. The summed E-state index contributed by atoms with van der Waals surface area (Å²) in [6, 6.07) is 0. The van der Waals surface area contributed by atoms with E-state index in [-0.39, 0.29) is 11.8 Å². The molecule has 0 aromatic rings. The van der Waals surface area contributed by atoms with Gasteiger partial charge in [-0.05, 0) is 37.4 Å². The molecule has 2 N–H and O–H groups in total. The van der Waals surface area contributed by atoms with E-state index in [1.165, 1.54) is 12.2 Å². The summed E-state index contributed by atoms with van der Waals surface area (Å²) in [6.07, 6.45) is 4.74. The molecule has 108 valence electrons. The van der Waals surface area contributed by atoms with Gasteiger partial charge in [0.25, 0.3) is 0 Å². The molecule has 0 radical (unpaired) electrons. The van der Waals surface area contributed by atoms with Crippen LogP contribution in [0.2, 0.25) is 0 Å². The fraction of sp³-hybridized carbons (Fsp3) is 0.857. The number of aliphatic carboxylic acids is 1. The van der Waals surface area contributed by atoms with Crippen molar-refractivity contribution in [1.29, 1.82) is 0 Å². The molecule has 1 saturated heterocycles. The summed E-state index contributed by atoms with van der Waals surface area (Å²) in [5.41, 5.74) is 0. The van der Waals surface area contributed by atoms with Gasteiger partial charge in [0.15, 0.2) is 0 Å². The average Bonchev–Trinajstić information content (AvgIpc) is 3.04. The maximum Gasteiger partial charge on any atom is 0.307 e. The van der Waals surface area contributed by atoms with Crippen LogP contribution in [-0.2, 0) is 9.59 Å². The Morgan fingerprint density at radius 3 is 2.63 bits per heavy atom. The van der Waals surface area contributed by atoms with Gasteiger partial charge in [0, 0.05) is 11.8 Å². The Kier molecular flexibility index (Phi) is 5.13. The highest BCUT2D eigenvalue weighted by atomic mass is 32.2. The van der Waals surface area contributed by atoms with Gasteiger partial charge in [-0.15, -0.1) is 0 Å². The SMILES string of the molecule is CCC1C[C@H](C(=O)NCC2CCCS2)[C@H](C(=O)O)C1. The Balaban J connectivity index is 1.87. The molecule has 1 saturated carbocycles. The van der Waals surface area contributed by atoms with Crippen molar-refractivity contribution < 1.29 is 14.7 Å². The highest BCUT2D eigenvalue weighted by Gasteiger charge is 2.42. The molecular formula is C14H23NO3S. The maximum absolute atomic E-state index is 12.2. The standard InChI is InChI=1S/C14H23NO3S/c1-2-9-6-11(12(7-9)14(17)18)13(16)15-8-10-4-3-5-19-10/h9-12H,2-8H2,1H3,(H,15,16)(H,17,18)/t9?,10?,11-,12+/m0/s1. The molecule has 1 amide bonds. The maximum atomic E-state index is 12.2. The van der Waals surface area contributed by atoms with E-state index in [0.29, 0.717) is 24.1 Å². The summed E-state index contributed by atoms with van der Waals surface area (Å²) >= 11 is 1.91. The first-order chi connectivity index (χ1) is 9.11. The molecular weight excluding hydrogens is 262 g/mol. The van der Waals surface area contributed by atoms with Crippen molar-refractivity contribution in [3.05, 3.63) is 0 Å². The summed E-state index contributed by atoms with van der Waals surface area (Å²) in [6.45, 7) is 2.77. The third-order valence-electron chi connectivity index (χ3n) is 4.42. The number of rotatable bonds is 5. The van der Waals surface area contributed by atoms with E-state index in [9.17, 15) is 14.7 Å². The summed E-state index contributed by atoms with van der Waals surface area (Å²) in [7, 11) is 0. The average molecular weight is 285 g/mol. The topological polar surface area (TPSA) is 66.4 Å². The van der Waals surface area contributed by atoms with Crippen LogP contribution >= 0.6 is 11.8 Å². The number of hydrogen-bond donors (Lipinski definition) is 2. The molecule has 2 fully saturated rings. The molecule has 1 aliphatic heterocycles. The minimum atomic E-state index is -0.814. The van der Waals surface area contributed by atoms with Crippen molar-refractivity contribution >= 4 is 23.6 Å². The first-order valence-corrected chi connectivity index (χ1v) is 8.28. The van der Waals surface area contributed by atoms with Gasteiger partial charge in [-0.2, -0.15) is 11.8 Å². The van der Waals surface area contributed by atoms with Crippen molar-refractivity contribution in [2.75, 3.05) is 12.3 Å². The van der Waals surface area contributed by atoms with Crippen LogP contribution < -0.4 is 5.32 Å². The second kappa shape index (κ2) is 6.64. The Morgan fingerprint density at radius 2 is 2.05 bits per heavy atom. The highest BCUT2D eigenvalue weighted by molar-refractivity contribution is 8.00. The number of carbonyl (C=O) groups excluding carboxylic acids is 1. The normalized spacial score (nSPS) is 34.4. The summed E-state index contributed by atoms with van der Waals surface area (Å²) in [5.74, 6) is -0.102. The van der Waals surface area contributed by atoms with Gasteiger partial charge in [-0.1, -0.05) is 13.3 Å². The third kappa shape index (κ3) is 3.65. The van der Waals surface area contributed by atoms with Gasteiger partial charge in [-0.3, -0.25) is 9.59 Å². The minimum absolute atomic E-state index is 0.0455. The van der Waals surface area contributed by atoms with Crippen LogP contribution in [-0.4, -0.2) is 34.5 Å². The van der Waals surface area contributed by atoms with Crippen LogP contribution in [0.4, 0.5) is 0 Å². The number of carboxylic acid groups (broad SMARTS) is 1. The molecule has 2 rings (SSSR count). The van der Waals surface area contributed by atoms with Crippen molar-refractivity contribution in [2.24, 2.45) is 17.8 Å². The number of amides is 1. The fourth-order valence-electron chi connectivity index (χ4n) is 3.19. The van der Waals surface area contributed by atoms with E-state index in [1.807, 2.05) is 11.8 Å². The molecule has 2 aliphatic rings. The highest BCUT2D eigenvalue weighted by Crippen LogP contribution is 2.38. The van der Waals surface area contributed by atoms with Gasteiger partial charge in [-0.25, -0.2) is 0 Å². The van der Waals surface area contributed by atoms with Gasteiger partial charge in [0.2, 0.25) is 5.91 Å². The molecule has 1 aliphatic carbocycles. The number of thioether (sulfide) groups is 1. The Bertz CT molecular complexity index is 342. The largest absolute Gasteiger partial charge is 0.481 e. The zero-order chi connectivity index (χ0) is 13.8. The first-order valence-electron chi connectivity index (χ1n) is 7.24. The molecule has 5 heteroatoms. The molecule has 0 spiro atoms. The Hall–Kier alpha value is -0.710. The van der Waals surface area contributed by atoms with E-state index >= 15 is 0 Å². The zero-order valence-electron chi connectivity index (χ0n) is 11.4. The molecule has 19 heavy (non-hydrogen) atoms.